The Morgan fingerprint density at radius 1 is 0.919 bits per heavy atom. The van der Waals surface area contributed by atoms with Crippen molar-refractivity contribution in [3.05, 3.63) is 95.3 Å². The summed E-state index contributed by atoms with van der Waals surface area (Å²) in [6.07, 6.45) is 1.20. The Bertz CT molecular complexity index is 1350. The molecule has 0 radical (unpaired) electrons. The standard InChI is InChI=1S/C29H28N2O6/c1-17(2)36-22-13-11-19(12-14-22)26(32)24-25(23-10-5-6-15-30-23)31(28(34)27(24)33)21-9-7-8-20(16-21)29(35)37-18(3)4/h5-18,25,32H,1-4H3/b26-24+. The largest absolute Gasteiger partial charge is 0.507 e. The molecule has 1 saturated heterocycles. The van der Waals surface area contributed by atoms with Gasteiger partial charge in [0.05, 0.1) is 29.0 Å². The number of rotatable bonds is 7. The highest BCUT2D eigenvalue weighted by molar-refractivity contribution is 6.51. The second-order valence-electron chi connectivity index (χ2n) is 9.12. The summed E-state index contributed by atoms with van der Waals surface area (Å²) in [5.41, 5.74) is 1.17. The fraction of sp³-hybridized carbons (Fsp3) is 0.241. The number of aromatic nitrogens is 1. The molecule has 1 N–H and O–H groups in total. The van der Waals surface area contributed by atoms with Crippen molar-refractivity contribution in [2.45, 2.75) is 45.9 Å². The predicted octanol–water partition coefficient (Wildman–Crippen LogP) is 5.06. The van der Waals surface area contributed by atoms with Crippen LogP contribution in [0.25, 0.3) is 5.76 Å². The smallest absolute Gasteiger partial charge is 0.338 e. The zero-order valence-corrected chi connectivity index (χ0v) is 21.0. The van der Waals surface area contributed by atoms with Crippen LogP contribution in [-0.4, -0.2) is 40.0 Å². The van der Waals surface area contributed by atoms with Crippen molar-refractivity contribution in [3.63, 3.8) is 0 Å². The maximum atomic E-state index is 13.3. The normalized spacial score (nSPS) is 16.9. The quantitative estimate of drug-likeness (QED) is 0.209. The number of Topliss-reactive ketones (excluding diaryl/α,β-unsaturated/α-hetero) is 1. The highest BCUT2D eigenvalue weighted by Gasteiger charge is 2.47. The number of hydrogen-bond donors (Lipinski definition) is 1. The number of aliphatic hydroxyl groups excluding tert-OH is 1. The molecular formula is C29H28N2O6. The van der Waals surface area contributed by atoms with E-state index in [1.165, 1.54) is 11.0 Å². The number of benzene rings is 2. The van der Waals surface area contributed by atoms with Crippen molar-refractivity contribution >= 4 is 29.1 Å². The number of aliphatic hydroxyl groups is 1. The number of carbonyl (C=O) groups excluding carboxylic acids is 3. The number of pyridine rings is 1. The zero-order chi connectivity index (χ0) is 26.7. The third kappa shape index (κ3) is 5.38. The monoisotopic (exact) mass is 500 g/mol. The van der Waals surface area contributed by atoms with Crippen molar-refractivity contribution < 1.29 is 29.0 Å². The van der Waals surface area contributed by atoms with Gasteiger partial charge in [-0.2, -0.15) is 0 Å². The third-order valence-corrected chi connectivity index (χ3v) is 5.61. The van der Waals surface area contributed by atoms with Gasteiger partial charge in [-0.15, -0.1) is 0 Å². The molecule has 1 unspecified atom stereocenters. The molecule has 1 aromatic heterocycles. The number of carbonyl (C=O) groups is 3. The second-order valence-corrected chi connectivity index (χ2v) is 9.12. The number of ether oxygens (including phenoxy) is 2. The maximum Gasteiger partial charge on any atom is 0.338 e. The molecule has 0 saturated carbocycles. The van der Waals surface area contributed by atoms with Gasteiger partial charge in [0.2, 0.25) is 0 Å². The van der Waals surface area contributed by atoms with E-state index in [0.717, 1.165) is 0 Å². The lowest BCUT2D eigenvalue weighted by Gasteiger charge is -2.25. The van der Waals surface area contributed by atoms with E-state index in [0.29, 0.717) is 22.7 Å². The van der Waals surface area contributed by atoms with Crippen LogP contribution in [-0.2, 0) is 14.3 Å². The first-order valence-corrected chi connectivity index (χ1v) is 12.0. The van der Waals surface area contributed by atoms with Gasteiger partial charge >= 0.3 is 5.97 Å². The van der Waals surface area contributed by atoms with Gasteiger partial charge in [-0.25, -0.2) is 4.79 Å². The lowest BCUT2D eigenvalue weighted by molar-refractivity contribution is -0.132. The SMILES string of the molecule is CC(C)OC(=O)c1cccc(N2C(=O)C(=O)/C(=C(/O)c3ccc(OC(C)C)cc3)C2c2ccccn2)c1. The van der Waals surface area contributed by atoms with Crippen molar-refractivity contribution in [2.75, 3.05) is 4.90 Å². The molecule has 2 aromatic carbocycles. The van der Waals surface area contributed by atoms with E-state index in [9.17, 15) is 19.5 Å². The van der Waals surface area contributed by atoms with E-state index in [4.69, 9.17) is 9.47 Å². The highest BCUT2D eigenvalue weighted by Crippen LogP contribution is 2.41. The minimum Gasteiger partial charge on any atom is -0.507 e. The van der Waals surface area contributed by atoms with Crippen LogP contribution >= 0.6 is 0 Å². The minimum atomic E-state index is -1.01. The molecular weight excluding hydrogens is 472 g/mol. The molecule has 1 aliphatic rings. The van der Waals surface area contributed by atoms with Crippen molar-refractivity contribution in [3.8, 4) is 5.75 Å². The molecule has 37 heavy (non-hydrogen) atoms. The minimum absolute atomic E-state index is 0.0255. The molecule has 3 aromatic rings. The number of anilines is 1. The Balaban J connectivity index is 1.82. The molecule has 2 heterocycles. The van der Waals surface area contributed by atoms with Gasteiger partial charge in [0.1, 0.15) is 17.6 Å². The van der Waals surface area contributed by atoms with Crippen molar-refractivity contribution in [1.82, 2.24) is 4.98 Å². The average molecular weight is 501 g/mol. The van der Waals surface area contributed by atoms with Gasteiger partial charge < -0.3 is 14.6 Å². The van der Waals surface area contributed by atoms with E-state index in [-0.39, 0.29) is 29.1 Å². The Kier molecular flexibility index (Phi) is 7.38. The molecule has 190 valence electrons. The topological polar surface area (TPSA) is 106 Å². The highest BCUT2D eigenvalue weighted by atomic mass is 16.5. The van der Waals surface area contributed by atoms with Crippen LogP contribution in [0.2, 0.25) is 0 Å². The summed E-state index contributed by atoms with van der Waals surface area (Å²) in [6, 6.07) is 17.0. The molecule has 1 fully saturated rings. The molecule has 0 bridgehead atoms. The van der Waals surface area contributed by atoms with Gasteiger partial charge in [0.15, 0.2) is 0 Å². The number of esters is 1. The van der Waals surface area contributed by atoms with Gasteiger partial charge in [-0.05, 0) is 82.3 Å². The van der Waals surface area contributed by atoms with Crippen LogP contribution in [0, 0.1) is 0 Å². The third-order valence-electron chi connectivity index (χ3n) is 5.61. The predicted molar refractivity (Wildman–Crippen MR) is 138 cm³/mol. The van der Waals surface area contributed by atoms with Crippen LogP contribution in [0.3, 0.4) is 0 Å². The van der Waals surface area contributed by atoms with Gasteiger partial charge in [-0.3, -0.25) is 19.5 Å². The van der Waals surface area contributed by atoms with Gasteiger partial charge in [0.25, 0.3) is 11.7 Å². The Hall–Kier alpha value is -4.46. The fourth-order valence-corrected chi connectivity index (χ4v) is 4.10. The Morgan fingerprint density at radius 2 is 1.65 bits per heavy atom. The first-order chi connectivity index (χ1) is 17.7. The summed E-state index contributed by atoms with van der Waals surface area (Å²) in [6.45, 7) is 7.28. The number of nitrogens with zero attached hydrogens (tertiary/aromatic N) is 2. The zero-order valence-electron chi connectivity index (χ0n) is 21.0. The van der Waals surface area contributed by atoms with E-state index in [2.05, 4.69) is 4.98 Å². The van der Waals surface area contributed by atoms with Crippen LogP contribution in [0.5, 0.6) is 5.75 Å². The molecule has 4 rings (SSSR count). The summed E-state index contributed by atoms with van der Waals surface area (Å²) in [5.74, 6) is -1.97. The summed E-state index contributed by atoms with van der Waals surface area (Å²) in [4.78, 5) is 44.8. The second kappa shape index (κ2) is 10.7. The summed E-state index contributed by atoms with van der Waals surface area (Å²) in [7, 11) is 0. The Morgan fingerprint density at radius 3 is 2.27 bits per heavy atom. The Labute approximate surface area is 215 Å². The van der Waals surface area contributed by atoms with Crippen LogP contribution in [0.15, 0.2) is 78.5 Å². The summed E-state index contributed by atoms with van der Waals surface area (Å²) >= 11 is 0. The summed E-state index contributed by atoms with van der Waals surface area (Å²) in [5, 5.41) is 11.3. The number of amides is 1. The molecule has 1 atom stereocenters. The van der Waals surface area contributed by atoms with E-state index in [1.54, 1.807) is 80.7 Å². The first kappa shape index (κ1) is 25.6. The number of hydrogen-bond acceptors (Lipinski definition) is 7. The number of ketones is 1. The van der Waals surface area contributed by atoms with E-state index >= 15 is 0 Å². The first-order valence-electron chi connectivity index (χ1n) is 12.0. The lowest BCUT2D eigenvalue weighted by atomic mass is 9.98. The molecule has 1 aliphatic heterocycles. The van der Waals surface area contributed by atoms with E-state index < -0.39 is 23.7 Å². The average Bonchev–Trinajstić information content (AvgIpc) is 3.14. The molecule has 0 spiro atoms. The van der Waals surface area contributed by atoms with Crippen molar-refractivity contribution in [2.24, 2.45) is 0 Å². The van der Waals surface area contributed by atoms with Crippen LogP contribution in [0.1, 0.15) is 55.4 Å². The van der Waals surface area contributed by atoms with Gasteiger partial charge in [0, 0.05) is 17.4 Å². The molecule has 8 heteroatoms. The van der Waals surface area contributed by atoms with E-state index in [1.807, 2.05) is 13.8 Å². The summed E-state index contributed by atoms with van der Waals surface area (Å²) < 4.78 is 10.9. The molecule has 1 amide bonds. The van der Waals surface area contributed by atoms with Gasteiger partial charge in [-0.1, -0.05) is 12.1 Å². The fourth-order valence-electron chi connectivity index (χ4n) is 4.10. The van der Waals surface area contributed by atoms with Crippen LogP contribution in [0.4, 0.5) is 5.69 Å². The van der Waals surface area contributed by atoms with Crippen molar-refractivity contribution in [1.29, 1.82) is 0 Å². The molecule has 0 aliphatic carbocycles. The maximum absolute atomic E-state index is 13.3. The molecule has 8 nitrogen and oxygen atoms in total. The lowest BCUT2D eigenvalue weighted by Crippen LogP contribution is -2.30. The van der Waals surface area contributed by atoms with Crippen LogP contribution < -0.4 is 9.64 Å².